The number of halogens is 2. The van der Waals surface area contributed by atoms with E-state index < -0.39 is 0 Å². The molecular weight excluding hydrogens is 255 g/mol. The molecule has 1 fully saturated rings. The van der Waals surface area contributed by atoms with Crippen LogP contribution in [0.3, 0.4) is 0 Å². The summed E-state index contributed by atoms with van der Waals surface area (Å²) in [5.74, 6) is 2.08. The molecule has 1 aliphatic carbocycles. The Kier molecular flexibility index (Phi) is 6.09. The van der Waals surface area contributed by atoms with Crippen LogP contribution in [0.4, 0.5) is 0 Å². The van der Waals surface area contributed by atoms with Gasteiger partial charge in [-0.3, -0.25) is 0 Å². The van der Waals surface area contributed by atoms with E-state index in [0.29, 0.717) is 17.7 Å². The Morgan fingerprint density at radius 3 is 2.00 bits per heavy atom. The van der Waals surface area contributed by atoms with E-state index in [9.17, 15) is 0 Å². The Balaban J connectivity index is 2.64. The summed E-state index contributed by atoms with van der Waals surface area (Å²) in [6, 6.07) is 0. The quantitative estimate of drug-likeness (QED) is 0.606. The number of hydrogen-bond donors (Lipinski definition) is 0. The van der Waals surface area contributed by atoms with E-state index in [4.69, 9.17) is 27.9 Å². The molecule has 17 heavy (non-hydrogen) atoms. The predicted molar refractivity (Wildman–Crippen MR) is 76.2 cm³/mol. The second kappa shape index (κ2) is 6.63. The maximum absolute atomic E-state index is 6.25. The average Bonchev–Trinajstić information content (AvgIpc) is 2.85. The normalized spacial score (nSPS) is 18.9. The summed E-state index contributed by atoms with van der Waals surface area (Å²) < 4.78 is 5.50. The van der Waals surface area contributed by atoms with Crippen LogP contribution in [0.15, 0.2) is 0 Å². The first-order valence-electron chi connectivity index (χ1n) is 6.67. The Labute approximate surface area is 116 Å². The number of rotatable bonds is 7. The van der Waals surface area contributed by atoms with Gasteiger partial charge in [-0.25, -0.2) is 0 Å². The first-order chi connectivity index (χ1) is 7.99. The second-order valence-corrected chi connectivity index (χ2v) is 6.61. The molecule has 0 spiro atoms. The molecule has 0 radical (unpaired) electrons. The van der Waals surface area contributed by atoms with Crippen molar-refractivity contribution >= 4 is 23.2 Å². The first-order valence-corrected chi connectivity index (χ1v) is 7.74. The van der Waals surface area contributed by atoms with Gasteiger partial charge < -0.3 is 4.74 Å². The smallest absolute Gasteiger partial charge is 0.0623 e. The lowest BCUT2D eigenvalue weighted by Gasteiger charge is -2.38. The van der Waals surface area contributed by atoms with Gasteiger partial charge in [0.25, 0.3) is 0 Å². The monoisotopic (exact) mass is 280 g/mol. The second-order valence-electron chi connectivity index (χ2n) is 6.07. The summed E-state index contributed by atoms with van der Waals surface area (Å²) in [4.78, 5) is 0. The SMILES string of the molecule is COC(C)(C)CCC(CCl)(CCl)C1CCCC1. The van der Waals surface area contributed by atoms with E-state index >= 15 is 0 Å². The van der Waals surface area contributed by atoms with Crippen molar-refractivity contribution in [1.82, 2.24) is 0 Å². The fourth-order valence-corrected chi connectivity index (χ4v) is 3.77. The molecule has 0 aromatic heterocycles. The van der Waals surface area contributed by atoms with Crippen LogP contribution >= 0.6 is 23.2 Å². The topological polar surface area (TPSA) is 9.23 Å². The third kappa shape index (κ3) is 4.01. The molecule has 3 heteroatoms. The predicted octanol–water partition coefficient (Wildman–Crippen LogP) is 4.85. The van der Waals surface area contributed by atoms with Gasteiger partial charge in [0, 0.05) is 24.3 Å². The van der Waals surface area contributed by atoms with Crippen LogP contribution in [0.5, 0.6) is 0 Å². The third-order valence-corrected chi connectivity index (χ3v) is 5.60. The van der Waals surface area contributed by atoms with Crippen LogP contribution in [-0.4, -0.2) is 24.5 Å². The van der Waals surface area contributed by atoms with Gasteiger partial charge in [-0.1, -0.05) is 12.8 Å². The van der Waals surface area contributed by atoms with Crippen LogP contribution in [0, 0.1) is 11.3 Å². The van der Waals surface area contributed by atoms with Gasteiger partial charge in [0.1, 0.15) is 0 Å². The lowest BCUT2D eigenvalue weighted by atomic mass is 9.72. The molecule has 0 aromatic carbocycles. The van der Waals surface area contributed by atoms with Gasteiger partial charge in [-0.2, -0.15) is 0 Å². The highest BCUT2D eigenvalue weighted by Crippen LogP contribution is 2.45. The molecule has 0 bridgehead atoms. The molecule has 1 nitrogen and oxygen atoms in total. The standard InChI is InChI=1S/C14H26Cl2O/c1-13(2,17-3)8-9-14(10-15,11-16)12-6-4-5-7-12/h12H,4-11H2,1-3H3. The number of alkyl halides is 2. The van der Waals surface area contributed by atoms with Gasteiger partial charge in [0.05, 0.1) is 5.60 Å². The Hall–Kier alpha value is 0.540. The zero-order valence-electron chi connectivity index (χ0n) is 11.4. The van der Waals surface area contributed by atoms with Gasteiger partial charge in [0.15, 0.2) is 0 Å². The number of methoxy groups -OCH3 is 1. The van der Waals surface area contributed by atoms with Gasteiger partial charge in [-0.15, -0.1) is 23.2 Å². The van der Waals surface area contributed by atoms with E-state index in [1.165, 1.54) is 25.7 Å². The molecule has 1 saturated carbocycles. The highest BCUT2D eigenvalue weighted by atomic mass is 35.5. The Morgan fingerprint density at radius 1 is 1.06 bits per heavy atom. The molecule has 0 aliphatic heterocycles. The molecule has 0 saturated heterocycles. The van der Waals surface area contributed by atoms with Crippen molar-refractivity contribution in [2.24, 2.45) is 11.3 Å². The van der Waals surface area contributed by atoms with Crippen LogP contribution in [-0.2, 0) is 4.74 Å². The molecule has 0 aromatic rings. The molecule has 0 heterocycles. The molecule has 102 valence electrons. The Morgan fingerprint density at radius 2 is 1.59 bits per heavy atom. The van der Waals surface area contributed by atoms with Crippen molar-refractivity contribution in [2.75, 3.05) is 18.9 Å². The lowest BCUT2D eigenvalue weighted by Crippen LogP contribution is -2.36. The summed E-state index contributed by atoms with van der Waals surface area (Å²) in [6.07, 6.45) is 7.38. The molecule has 1 aliphatic rings. The van der Waals surface area contributed by atoms with Crippen molar-refractivity contribution in [3.63, 3.8) is 0 Å². The zero-order valence-corrected chi connectivity index (χ0v) is 12.9. The molecule has 1 rings (SSSR count). The van der Waals surface area contributed by atoms with Crippen molar-refractivity contribution in [3.05, 3.63) is 0 Å². The van der Waals surface area contributed by atoms with Crippen molar-refractivity contribution in [3.8, 4) is 0 Å². The molecular formula is C14H26Cl2O. The van der Waals surface area contributed by atoms with E-state index in [0.717, 1.165) is 12.8 Å². The minimum atomic E-state index is -0.0675. The van der Waals surface area contributed by atoms with Gasteiger partial charge >= 0.3 is 0 Å². The maximum atomic E-state index is 6.25. The molecule has 0 amide bonds. The van der Waals surface area contributed by atoms with E-state index in [-0.39, 0.29) is 11.0 Å². The lowest BCUT2D eigenvalue weighted by molar-refractivity contribution is 0.00183. The minimum Gasteiger partial charge on any atom is -0.379 e. The van der Waals surface area contributed by atoms with Crippen LogP contribution in [0.1, 0.15) is 52.4 Å². The summed E-state index contributed by atoms with van der Waals surface area (Å²) in [6.45, 7) is 4.27. The number of ether oxygens (including phenoxy) is 1. The average molecular weight is 281 g/mol. The van der Waals surface area contributed by atoms with E-state index in [1.54, 1.807) is 7.11 Å². The summed E-state index contributed by atoms with van der Waals surface area (Å²) in [7, 11) is 1.78. The van der Waals surface area contributed by atoms with Crippen molar-refractivity contribution in [1.29, 1.82) is 0 Å². The number of hydrogen-bond acceptors (Lipinski definition) is 1. The van der Waals surface area contributed by atoms with Crippen LogP contribution < -0.4 is 0 Å². The van der Waals surface area contributed by atoms with E-state index in [2.05, 4.69) is 13.8 Å². The van der Waals surface area contributed by atoms with E-state index in [1.807, 2.05) is 0 Å². The van der Waals surface area contributed by atoms with Crippen LogP contribution in [0.25, 0.3) is 0 Å². The summed E-state index contributed by atoms with van der Waals surface area (Å²) in [5, 5.41) is 0. The first kappa shape index (κ1) is 15.6. The molecule has 0 atom stereocenters. The highest BCUT2D eigenvalue weighted by Gasteiger charge is 2.39. The zero-order chi connectivity index (χ0) is 12.9. The van der Waals surface area contributed by atoms with Crippen molar-refractivity contribution in [2.45, 2.75) is 58.0 Å². The fourth-order valence-electron chi connectivity index (χ4n) is 2.78. The summed E-state index contributed by atoms with van der Waals surface area (Å²) >= 11 is 12.5. The molecule has 0 N–H and O–H groups in total. The highest BCUT2D eigenvalue weighted by molar-refractivity contribution is 6.21. The minimum absolute atomic E-state index is 0.0675. The molecule has 0 unspecified atom stereocenters. The maximum Gasteiger partial charge on any atom is 0.0623 e. The Bertz CT molecular complexity index is 218. The van der Waals surface area contributed by atoms with Gasteiger partial charge in [-0.05, 0) is 45.4 Å². The third-order valence-electron chi connectivity index (χ3n) is 4.53. The van der Waals surface area contributed by atoms with Gasteiger partial charge in [0.2, 0.25) is 0 Å². The van der Waals surface area contributed by atoms with Crippen molar-refractivity contribution < 1.29 is 4.74 Å². The summed E-state index contributed by atoms with van der Waals surface area (Å²) in [5.41, 5.74) is 0.0530. The largest absolute Gasteiger partial charge is 0.379 e. The van der Waals surface area contributed by atoms with Crippen LogP contribution in [0.2, 0.25) is 0 Å². The fraction of sp³-hybridized carbons (Fsp3) is 1.00.